The molecule has 0 atom stereocenters. The second-order valence-electron chi connectivity index (χ2n) is 4.05. The number of pyridine rings is 1. The summed E-state index contributed by atoms with van der Waals surface area (Å²) in [7, 11) is 0. The molecule has 0 aliphatic heterocycles. The Bertz CT molecular complexity index is 673. The number of nitrogens with zero attached hydrogens (tertiary/aromatic N) is 1. The SMILES string of the molecule is O=c1c(C(F)(F)F)cccn1Cc1c(F)cccc1Cl. The molecule has 0 radical (unpaired) electrons. The third-order valence-electron chi connectivity index (χ3n) is 2.72. The first kappa shape index (κ1) is 14.6. The average Bonchev–Trinajstić information content (AvgIpc) is 2.34. The number of rotatable bonds is 2. The molecule has 2 aromatic rings. The Labute approximate surface area is 116 Å². The van der Waals surface area contributed by atoms with Gasteiger partial charge >= 0.3 is 6.18 Å². The van der Waals surface area contributed by atoms with Crippen molar-refractivity contribution in [2.75, 3.05) is 0 Å². The van der Waals surface area contributed by atoms with Gasteiger partial charge in [0.2, 0.25) is 0 Å². The van der Waals surface area contributed by atoms with Crippen LogP contribution in [0.15, 0.2) is 41.3 Å². The third kappa shape index (κ3) is 2.85. The fourth-order valence-electron chi connectivity index (χ4n) is 1.73. The summed E-state index contributed by atoms with van der Waals surface area (Å²) in [5, 5.41) is 0.0503. The summed E-state index contributed by atoms with van der Waals surface area (Å²) in [4.78, 5) is 11.7. The van der Waals surface area contributed by atoms with Gasteiger partial charge in [-0.05, 0) is 24.3 Å². The van der Waals surface area contributed by atoms with E-state index in [1.54, 1.807) is 0 Å². The van der Waals surface area contributed by atoms with Gasteiger partial charge in [0.15, 0.2) is 0 Å². The monoisotopic (exact) mass is 305 g/mol. The van der Waals surface area contributed by atoms with E-state index in [-0.39, 0.29) is 17.1 Å². The molecule has 2 rings (SSSR count). The largest absolute Gasteiger partial charge is 0.421 e. The summed E-state index contributed by atoms with van der Waals surface area (Å²) in [6, 6.07) is 5.66. The highest BCUT2D eigenvalue weighted by atomic mass is 35.5. The van der Waals surface area contributed by atoms with Crippen molar-refractivity contribution >= 4 is 11.6 Å². The topological polar surface area (TPSA) is 22.0 Å². The van der Waals surface area contributed by atoms with Crippen LogP contribution in [-0.4, -0.2) is 4.57 Å². The molecule has 0 fully saturated rings. The molecular formula is C13H8ClF4NO. The van der Waals surface area contributed by atoms with Gasteiger partial charge in [-0.1, -0.05) is 17.7 Å². The fourth-order valence-corrected chi connectivity index (χ4v) is 1.95. The molecule has 0 amide bonds. The van der Waals surface area contributed by atoms with E-state index in [2.05, 4.69) is 0 Å². The van der Waals surface area contributed by atoms with Gasteiger partial charge < -0.3 is 4.57 Å². The van der Waals surface area contributed by atoms with Crippen molar-refractivity contribution in [3.05, 3.63) is 68.8 Å². The molecule has 0 saturated carbocycles. The van der Waals surface area contributed by atoms with Crippen molar-refractivity contribution in [3.8, 4) is 0 Å². The minimum Gasteiger partial charge on any atom is -0.310 e. The van der Waals surface area contributed by atoms with Gasteiger partial charge in [0.25, 0.3) is 5.56 Å². The van der Waals surface area contributed by atoms with E-state index >= 15 is 0 Å². The molecule has 20 heavy (non-hydrogen) atoms. The molecule has 0 bridgehead atoms. The lowest BCUT2D eigenvalue weighted by Gasteiger charge is -2.11. The van der Waals surface area contributed by atoms with Crippen LogP contribution in [0.1, 0.15) is 11.1 Å². The van der Waals surface area contributed by atoms with E-state index in [1.165, 1.54) is 12.1 Å². The van der Waals surface area contributed by atoms with Crippen LogP contribution in [0.3, 0.4) is 0 Å². The summed E-state index contributed by atoms with van der Waals surface area (Å²) in [5.41, 5.74) is -2.57. The molecule has 0 spiro atoms. The van der Waals surface area contributed by atoms with E-state index in [1.807, 2.05) is 0 Å². The molecule has 0 saturated heterocycles. The second kappa shape index (κ2) is 5.28. The predicted octanol–water partition coefficient (Wildman–Crippen LogP) is 3.71. The van der Waals surface area contributed by atoms with Crippen molar-refractivity contribution in [2.45, 2.75) is 12.7 Å². The van der Waals surface area contributed by atoms with Crippen LogP contribution < -0.4 is 5.56 Å². The van der Waals surface area contributed by atoms with Crippen LogP contribution in [0.25, 0.3) is 0 Å². The Hall–Kier alpha value is -1.82. The Morgan fingerprint density at radius 1 is 1.15 bits per heavy atom. The number of hydrogen-bond acceptors (Lipinski definition) is 1. The number of benzene rings is 1. The van der Waals surface area contributed by atoms with Gasteiger partial charge in [-0.15, -0.1) is 0 Å². The zero-order chi connectivity index (χ0) is 14.9. The highest BCUT2D eigenvalue weighted by Crippen LogP contribution is 2.26. The Balaban J connectivity index is 2.48. The maximum Gasteiger partial charge on any atom is 0.421 e. The lowest BCUT2D eigenvalue weighted by molar-refractivity contribution is -0.138. The summed E-state index contributed by atoms with van der Waals surface area (Å²) < 4.78 is 52.2. The molecule has 0 aliphatic carbocycles. The maximum absolute atomic E-state index is 13.6. The van der Waals surface area contributed by atoms with E-state index in [9.17, 15) is 22.4 Å². The molecule has 1 aromatic heterocycles. The Morgan fingerprint density at radius 3 is 2.45 bits per heavy atom. The van der Waals surface area contributed by atoms with E-state index < -0.39 is 23.1 Å². The van der Waals surface area contributed by atoms with Gasteiger partial charge in [0.1, 0.15) is 11.4 Å². The fraction of sp³-hybridized carbons (Fsp3) is 0.154. The van der Waals surface area contributed by atoms with Crippen molar-refractivity contribution in [2.24, 2.45) is 0 Å². The molecular weight excluding hydrogens is 298 g/mol. The van der Waals surface area contributed by atoms with E-state index in [0.717, 1.165) is 22.9 Å². The summed E-state index contributed by atoms with van der Waals surface area (Å²) in [6.45, 7) is -0.367. The zero-order valence-electron chi connectivity index (χ0n) is 9.92. The first-order valence-corrected chi connectivity index (χ1v) is 5.88. The van der Waals surface area contributed by atoms with Crippen molar-refractivity contribution in [3.63, 3.8) is 0 Å². The van der Waals surface area contributed by atoms with Crippen molar-refractivity contribution in [1.82, 2.24) is 4.57 Å². The maximum atomic E-state index is 13.6. The van der Waals surface area contributed by atoms with E-state index in [0.29, 0.717) is 6.07 Å². The van der Waals surface area contributed by atoms with Crippen LogP contribution in [0.5, 0.6) is 0 Å². The summed E-state index contributed by atoms with van der Waals surface area (Å²) in [6.07, 6.45) is -3.60. The molecule has 106 valence electrons. The van der Waals surface area contributed by atoms with Gasteiger partial charge in [-0.25, -0.2) is 4.39 Å². The predicted molar refractivity (Wildman–Crippen MR) is 66.2 cm³/mol. The zero-order valence-corrected chi connectivity index (χ0v) is 10.7. The van der Waals surface area contributed by atoms with Gasteiger partial charge in [-0.2, -0.15) is 13.2 Å². The quantitative estimate of drug-likeness (QED) is 0.775. The van der Waals surface area contributed by atoms with Crippen molar-refractivity contribution < 1.29 is 17.6 Å². The lowest BCUT2D eigenvalue weighted by Crippen LogP contribution is -2.28. The lowest BCUT2D eigenvalue weighted by atomic mass is 10.2. The number of halogens is 5. The number of aromatic nitrogens is 1. The minimum absolute atomic E-state index is 0.0319. The summed E-state index contributed by atoms with van der Waals surface area (Å²) in [5.74, 6) is -0.679. The molecule has 7 heteroatoms. The first-order chi connectivity index (χ1) is 9.30. The third-order valence-corrected chi connectivity index (χ3v) is 3.07. The van der Waals surface area contributed by atoms with Crippen LogP contribution in [0, 0.1) is 5.82 Å². The van der Waals surface area contributed by atoms with Gasteiger partial charge in [0.05, 0.1) is 6.54 Å². The molecule has 0 aliphatic rings. The molecule has 2 nitrogen and oxygen atoms in total. The van der Waals surface area contributed by atoms with Crippen molar-refractivity contribution in [1.29, 1.82) is 0 Å². The number of hydrogen-bond donors (Lipinski definition) is 0. The minimum atomic E-state index is -4.75. The second-order valence-corrected chi connectivity index (χ2v) is 4.46. The van der Waals surface area contributed by atoms with Crippen LogP contribution in [0.2, 0.25) is 5.02 Å². The molecule has 0 unspecified atom stereocenters. The Kier molecular flexibility index (Phi) is 3.85. The number of alkyl halides is 3. The van der Waals surface area contributed by atoms with Gasteiger partial charge in [-0.3, -0.25) is 4.79 Å². The average molecular weight is 306 g/mol. The standard InChI is InChI=1S/C13H8ClF4NO/c14-10-4-1-5-11(15)8(10)7-19-6-2-3-9(12(19)20)13(16,17)18/h1-6H,7H2. The smallest absolute Gasteiger partial charge is 0.310 e. The highest BCUT2D eigenvalue weighted by molar-refractivity contribution is 6.31. The molecule has 1 aromatic carbocycles. The van der Waals surface area contributed by atoms with Crippen LogP contribution in [0.4, 0.5) is 17.6 Å². The summed E-state index contributed by atoms with van der Waals surface area (Å²) >= 11 is 5.78. The Morgan fingerprint density at radius 2 is 1.85 bits per heavy atom. The van der Waals surface area contributed by atoms with Gasteiger partial charge in [0, 0.05) is 16.8 Å². The van der Waals surface area contributed by atoms with Crippen LogP contribution in [-0.2, 0) is 12.7 Å². The van der Waals surface area contributed by atoms with Crippen LogP contribution >= 0.6 is 11.6 Å². The first-order valence-electron chi connectivity index (χ1n) is 5.50. The molecule has 1 heterocycles. The highest BCUT2D eigenvalue weighted by Gasteiger charge is 2.34. The molecule has 0 N–H and O–H groups in total. The normalized spacial score (nSPS) is 11.7. The van der Waals surface area contributed by atoms with E-state index in [4.69, 9.17) is 11.6 Å².